The van der Waals surface area contributed by atoms with Gasteiger partial charge in [-0.3, -0.25) is 4.68 Å². The first-order chi connectivity index (χ1) is 6.47. The van der Waals surface area contributed by atoms with E-state index in [-0.39, 0.29) is 5.41 Å². The first-order valence-electron chi connectivity index (χ1n) is 5.11. The van der Waals surface area contributed by atoms with Gasteiger partial charge in [0.15, 0.2) is 0 Å². The molecule has 1 aliphatic heterocycles. The van der Waals surface area contributed by atoms with Crippen molar-refractivity contribution in [2.45, 2.75) is 38.7 Å². The average molecular weight is 194 g/mol. The van der Waals surface area contributed by atoms with Gasteiger partial charge < -0.3 is 4.74 Å². The van der Waals surface area contributed by atoms with E-state index in [0.29, 0.717) is 6.10 Å². The number of epoxide rings is 1. The SMILES string of the molecule is Cn1cc(CC2CO2)c(C(C)(C)C)n1. The Morgan fingerprint density at radius 1 is 1.57 bits per heavy atom. The standard InChI is InChI=1S/C11H18N2O/c1-11(2,3)10-8(5-9-7-14-9)6-13(4)12-10/h6,9H,5,7H2,1-4H3. The Morgan fingerprint density at radius 3 is 2.71 bits per heavy atom. The second-order valence-electron chi connectivity index (χ2n) is 5.09. The zero-order chi connectivity index (χ0) is 10.3. The molecule has 1 aliphatic rings. The van der Waals surface area contributed by atoms with Gasteiger partial charge in [0.05, 0.1) is 18.4 Å². The molecule has 0 spiro atoms. The Kier molecular flexibility index (Phi) is 2.14. The van der Waals surface area contributed by atoms with E-state index < -0.39 is 0 Å². The van der Waals surface area contributed by atoms with Crippen LogP contribution in [0.5, 0.6) is 0 Å². The summed E-state index contributed by atoms with van der Waals surface area (Å²) in [6.45, 7) is 7.52. The second kappa shape index (κ2) is 3.09. The zero-order valence-corrected chi connectivity index (χ0v) is 9.37. The molecular formula is C11H18N2O. The summed E-state index contributed by atoms with van der Waals surface area (Å²) in [5.41, 5.74) is 2.67. The third kappa shape index (κ3) is 1.98. The molecule has 1 fully saturated rings. The van der Waals surface area contributed by atoms with E-state index in [9.17, 15) is 0 Å². The van der Waals surface area contributed by atoms with Gasteiger partial charge in [0.2, 0.25) is 0 Å². The topological polar surface area (TPSA) is 30.4 Å². The van der Waals surface area contributed by atoms with Gasteiger partial charge in [-0.15, -0.1) is 0 Å². The monoisotopic (exact) mass is 194 g/mol. The van der Waals surface area contributed by atoms with E-state index >= 15 is 0 Å². The largest absolute Gasteiger partial charge is 0.373 e. The minimum Gasteiger partial charge on any atom is -0.373 e. The van der Waals surface area contributed by atoms with Gasteiger partial charge in [0, 0.05) is 25.1 Å². The molecule has 0 bridgehead atoms. The highest BCUT2D eigenvalue weighted by atomic mass is 16.6. The molecule has 3 nitrogen and oxygen atoms in total. The summed E-state index contributed by atoms with van der Waals surface area (Å²) in [6.07, 6.45) is 3.57. The van der Waals surface area contributed by atoms with E-state index in [1.54, 1.807) is 0 Å². The Morgan fingerprint density at radius 2 is 2.21 bits per heavy atom. The first kappa shape index (κ1) is 9.71. The van der Waals surface area contributed by atoms with E-state index in [0.717, 1.165) is 13.0 Å². The normalized spacial score (nSPS) is 21.3. The van der Waals surface area contributed by atoms with Crippen LogP contribution in [-0.4, -0.2) is 22.5 Å². The lowest BCUT2D eigenvalue weighted by molar-refractivity contribution is 0.406. The molecule has 14 heavy (non-hydrogen) atoms. The third-order valence-corrected chi connectivity index (χ3v) is 2.46. The molecule has 3 heteroatoms. The number of nitrogens with zero attached hydrogens (tertiary/aromatic N) is 2. The van der Waals surface area contributed by atoms with Crippen molar-refractivity contribution in [2.75, 3.05) is 6.61 Å². The molecule has 0 N–H and O–H groups in total. The Hall–Kier alpha value is -0.830. The molecule has 1 aromatic rings. The molecule has 78 valence electrons. The number of aryl methyl sites for hydroxylation is 1. The predicted molar refractivity (Wildman–Crippen MR) is 55.4 cm³/mol. The van der Waals surface area contributed by atoms with Crippen molar-refractivity contribution in [3.63, 3.8) is 0 Å². The van der Waals surface area contributed by atoms with Crippen molar-refractivity contribution >= 4 is 0 Å². The van der Waals surface area contributed by atoms with Crippen LogP contribution in [0, 0.1) is 0 Å². The lowest BCUT2D eigenvalue weighted by Gasteiger charge is -2.17. The fraction of sp³-hybridized carbons (Fsp3) is 0.727. The summed E-state index contributed by atoms with van der Waals surface area (Å²) in [6, 6.07) is 0. The van der Waals surface area contributed by atoms with Gasteiger partial charge in [-0.2, -0.15) is 5.10 Å². The highest BCUT2D eigenvalue weighted by Crippen LogP contribution is 2.27. The molecule has 0 radical (unpaired) electrons. The Bertz CT molecular complexity index is 332. The van der Waals surface area contributed by atoms with Crippen LogP contribution >= 0.6 is 0 Å². The van der Waals surface area contributed by atoms with Crippen LogP contribution in [-0.2, 0) is 23.6 Å². The van der Waals surface area contributed by atoms with Crippen LogP contribution in [0.3, 0.4) is 0 Å². The van der Waals surface area contributed by atoms with E-state index in [4.69, 9.17) is 4.74 Å². The van der Waals surface area contributed by atoms with Crippen LogP contribution in [0.1, 0.15) is 32.0 Å². The number of ether oxygens (including phenoxy) is 1. The van der Waals surface area contributed by atoms with Crippen molar-refractivity contribution in [1.82, 2.24) is 9.78 Å². The predicted octanol–water partition coefficient (Wildman–Crippen LogP) is 1.66. The minimum atomic E-state index is 0.130. The molecule has 2 heterocycles. The van der Waals surface area contributed by atoms with Crippen molar-refractivity contribution in [3.05, 3.63) is 17.5 Å². The van der Waals surface area contributed by atoms with E-state index in [1.165, 1.54) is 11.3 Å². The van der Waals surface area contributed by atoms with Gasteiger partial charge in [0.25, 0.3) is 0 Å². The van der Waals surface area contributed by atoms with Crippen LogP contribution in [0.4, 0.5) is 0 Å². The number of rotatable bonds is 2. The highest BCUT2D eigenvalue weighted by Gasteiger charge is 2.28. The van der Waals surface area contributed by atoms with Crippen LogP contribution in [0.15, 0.2) is 6.20 Å². The zero-order valence-electron chi connectivity index (χ0n) is 9.37. The number of hydrogen-bond donors (Lipinski definition) is 0. The van der Waals surface area contributed by atoms with Gasteiger partial charge in [0.1, 0.15) is 0 Å². The summed E-state index contributed by atoms with van der Waals surface area (Å²) in [5, 5.41) is 4.52. The lowest BCUT2D eigenvalue weighted by Crippen LogP contribution is -2.15. The van der Waals surface area contributed by atoms with Gasteiger partial charge >= 0.3 is 0 Å². The van der Waals surface area contributed by atoms with Crippen LogP contribution in [0.2, 0.25) is 0 Å². The van der Waals surface area contributed by atoms with E-state index in [2.05, 4.69) is 32.1 Å². The maximum absolute atomic E-state index is 5.25. The summed E-state index contributed by atoms with van der Waals surface area (Å²) in [7, 11) is 1.98. The summed E-state index contributed by atoms with van der Waals surface area (Å²) >= 11 is 0. The van der Waals surface area contributed by atoms with Crippen molar-refractivity contribution in [2.24, 2.45) is 7.05 Å². The minimum absolute atomic E-state index is 0.130. The molecule has 0 amide bonds. The summed E-state index contributed by atoms with van der Waals surface area (Å²) in [5.74, 6) is 0. The maximum atomic E-state index is 5.25. The summed E-state index contributed by atoms with van der Waals surface area (Å²) in [4.78, 5) is 0. The smallest absolute Gasteiger partial charge is 0.0851 e. The van der Waals surface area contributed by atoms with Gasteiger partial charge in [-0.05, 0) is 5.56 Å². The second-order valence-corrected chi connectivity index (χ2v) is 5.09. The maximum Gasteiger partial charge on any atom is 0.0851 e. The molecule has 0 aromatic carbocycles. The third-order valence-electron chi connectivity index (χ3n) is 2.46. The van der Waals surface area contributed by atoms with Crippen LogP contribution in [0.25, 0.3) is 0 Å². The Labute approximate surface area is 85.1 Å². The fourth-order valence-electron chi connectivity index (χ4n) is 1.75. The molecule has 0 aliphatic carbocycles. The number of aromatic nitrogens is 2. The quantitative estimate of drug-likeness (QED) is 0.670. The van der Waals surface area contributed by atoms with Gasteiger partial charge in [-0.25, -0.2) is 0 Å². The molecule has 2 rings (SSSR count). The van der Waals surface area contributed by atoms with Crippen molar-refractivity contribution in [3.8, 4) is 0 Å². The van der Waals surface area contributed by atoms with Gasteiger partial charge in [-0.1, -0.05) is 20.8 Å². The lowest BCUT2D eigenvalue weighted by atomic mass is 9.88. The molecule has 1 saturated heterocycles. The van der Waals surface area contributed by atoms with E-state index in [1.807, 2.05) is 11.7 Å². The highest BCUT2D eigenvalue weighted by molar-refractivity contribution is 5.25. The average Bonchev–Trinajstić information content (AvgIpc) is 2.73. The number of hydrogen-bond acceptors (Lipinski definition) is 2. The van der Waals surface area contributed by atoms with Crippen LogP contribution < -0.4 is 0 Å². The Balaban J connectivity index is 2.27. The molecule has 1 aromatic heterocycles. The molecule has 1 atom stereocenters. The molecule has 0 saturated carbocycles. The molecular weight excluding hydrogens is 176 g/mol. The van der Waals surface area contributed by atoms with Crippen molar-refractivity contribution < 1.29 is 4.74 Å². The summed E-state index contributed by atoms with van der Waals surface area (Å²) < 4.78 is 7.15. The van der Waals surface area contributed by atoms with Crippen molar-refractivity contribution in [1.29, 1.82) is 0 Å². The first-order valence-corrected chi connectivity index (χ1v) is 5.11. The molecule has 1 unspecified atom stereocenters. The fourth-order valence-corrected chi connectivity index (χ4v) is 1.75.